The highest BCUT2D eigenvalue weighted by atomic mass is 16.2. The molecule has 32 heavy (non-hydrogen) atoms. The van der Waals surface area contributed by atoms with Crippen LogP contribution < -0.4 is 10.6 Å². The van der Waals surface area contributed by atoms with Crippen molar-refractivity contribution in [2.24, 2.45) is 7.05 Å². The molecule has 0 aliphatic heterocycles. The Labute approximate surface area is 184 Å². The second-order valence-electron chi connectivity index (χ2n) is 7.30. The number of aryl methyl sites for hydroxylation is 2. The van der Waals surface area contributed by atoms with Crippen LogP contribution in [0.3, 0.4) is 0 Å². The van der Waals surface area contributed by atoms with E-state index >= 15 is 0 Å². The quantitative estimate of drug-likeness (QED) is 0.466. The van der Waals surface area contributed by atoms with Crippen molar-refractivity contribution in [2.75, 3.05) is 10.6 Å². The van der Waals surface area contributed by atoms with Crippen molar-refractivity contribution in [1.82, 2.24) is 29.3 Å². The monoisotopic (exact) mass is 432 g/mol. The Morgan fingerprint density at radius 3 is 2.47 bits per heavy atom. The lowest BCUT2D eigenvalue weighted by molar-refractivity contribution is 0.101. The maximum atomic E-state index is 13.0. The van der Waals surface area contributed by atoms with E-state index < -0.39 is 0 Å². The summed E-state index contributed by atoms with van der Waals surface area (Å²) in [6, 6.07) is 9.14. The maximum Gasteiger partial charge on any atom is 0.276 e. The summed E-state index contributed by atoms with van der Waals surface area (Å²) < 4.78 is 5.00. The Hall–Kier alpha value is -4.21. The third-order valence-corrected chi connectivity index (χ3v) is 5.18. The number of anilines is 2. The molecular weight excluding hydrogens is 408 g/mol. The number of nitrogens with one attached hydrogen (secondary N) is 2. The molecule has 0 bridgehead atoms. The topological polar surface area (TPSA) is 112 Å². The van der Waals surface area contributed by atoms with Gasteiger partial charge in [-0.05, 0) is 37.6 Å². The van der Waals surface area contributed by atoms with E-state index in [0.717, 1.165) is 11.3 Å². The van der Waals surface area contributed by atoms with Gasteiger partial charge in [-0.3, -0.25) is 23.6 Å². The molecule has 0 aliphatic carbocycles. The molecule has 0 saturated carbocycles. The van der Waals surface area contributed by atoms with Crippen LogP contribution in [0, 0.1) is 6.92 Å². The molecule has 4 rings (SSSR count). The van der Waals surface area contributed by atoms with Crippen molar-refractivity contribution in [3.05, 3.63) is 77.6 Å². The maximum absolute atomic E-state index is 13.0. The van der Waals surface area contributed by atoms with Crippen molar-refractivity contribution >= 4 is 23.2 Å². The van der Waals surface area contributed by atoms with Gasteiger partial charge in [0.1, 0.15) is 5.69 Å². The van der Waals surface area contributed by atoms with E-state index in [-0.39, 0.29) is 17.5 Å². The molecule has 3 aromatic heterocycles. The summed E-state index contributed by atoms with van der Waals surface area (Å²) >= 11 is 0. The molecule has 0 radical (unpaired) electrons. The minimum atomic E-state index is -0.372. The van der Waals surface area contributed by atoms with Crippen LogP contribution in [-0.4, -0.2) is 41.2 Å². The van der Waals surface area contributed by atoms with E-state index in [1.54, 1.807) is 45.6 Å². The summed E-state index contributed by atoms with van der Waals surface area (Å²) in [6.45, 7) is 4.77. The third kappa shape index (κ3) is 4.29. The number of aromatic nitrogens is 6. The molecule has 2 amide bonds. The van der Waals surface area contributed by atoms with Crippen LogP contribution in [0.4, 0.5) is 11.4 Å². The lowest BCUT2D eigenvalue weighted by atomic mass is 10.1. The zero-order valence-corrected chi connectivity index (χ0v) is 18.1. The van der Waals surface area contributed by atoms with Crippen LogP contribution in [-0.2, 0) is 20.1 Å². The zero-order valence-electron chi connectivity index (χ0n) is 18.1. The molecule has 2 N–H and O–H groups in total. The van der Waals surface area contributed by atoms with E-state index in [4.69, 9.17) is 0 Å². The Bertz CT molecular complexity index is 1250. The van der Waals surface area contributed by atoms with Crippen molar-refractivity contribution in [2.45, 2.75) is 26.9 Å². The highest BCUT2D eigenvalue weighted by Crippen LogP contribution is 2.20. The van der Waals surface area contributed by atoms with E-state index in [1.165, 1.54) is 6.20 Å². The molecule has 0 saturated heterocycles. The fraction of sp³-hybridized carbons (Fsp3) is 0.227. The average molecular weight is 432 g/mol. The van der Waals surface area contributed by atoms with E-state index in [2.05, 4.69) is 25.9 Å². The number of nitrogens with zero attached hydrogens (tertiary/aromatic N) is 6. The summed E-state index contributed by atoms with van der Waals surface area (Å²) in [5, 5.41) is 18.3. The van der Waals surface area contributed by atoms with Crippen LogP contribution in [0.25, 0.3) is 0 Å². The number of hydrogen-bond donors (Lipinski definition) is 2. The van der Waals surface area contributed by atoms with Crippen molar-refractivity contribution in [3.8, 4) is 0 Å². The van der Waals surface area contributed by atoms with Crippen LogP contribution in [0.2, 0.25) is 0 Å². The first-order chi connectivity index (χ1) is 15.5. The Kier molecular flexibility index (Phi) is 5.84. The SMILES string of the molecule is CCn1ncc(NC(=O)c2cccc(Cn3cccn3)c2)c1C(=O)Nc1cnn(C)c1C. The molecule has 0 spiro atoms. The lowest BCUT2D eigenvalue weighted by Gasteiger charge is -2.10. The van der Waals surface area contributed by atoms with Gasteiger partial charge in [0, 0.05) is 31.5 Å². The van der Waals surface area contributed by atoms with Gasteiger partial charge in [-0.25, -0.2) is 0 Å². The van der Waals surface area contributed by atoms with Gasteiger partial charge in [0.2, 0.25) is 0 Å². The minimum Gasteiger partial charge on any atom is -0.319 e. The third-order valence-electron chi connectivity index (χ3n) is 5.18. The van der Waals surface area contributed by atoms with Crippen molar-refractivity contribution < 1.29 is 9.59 Å². The van der Waals surface area contributed by atoms with Gasteiger partial charge in [0.15, 0.2) is 0 Å². The first-order valence-electron chi connectivity index (χ1n) is 10.2. The van der Waals surface area contributed by atoms with Gasteiger partial charge < -0.3 is 10.6 Å². The molecule has 0 unspecified atom stereocenters. The van der Waals surface area contributed by atoms with Gasteiger partial charge in [-0.1, -0.05) is 12.1 Å². The molecule has 3 heterocycles. The minimum absolute atomic E-state index is 0.275. The Morgan fingerprint density at radius 2 is 1.78 bits per heavy atom. The van der Waals surface area contributed by atoms with Gasteiger partial charge in [-0.15, -0.1) is 0 Å². The predicted molar refractivity (Wildman–Crippen MR) is 120 cm³/mol. The van der Waals surface area contributed by atoms with Gasteiger partial charge in [-0.2, -0.15) is 15.3 Å². The number of amides is 2. The number of hydrogen-bond acceptors (Lipinski definition) is 5. The fourth-order valence-electron chi connectivity index (χ4n) is 3.35. The molecule has 164 valence electrons. The van der Waals surface area contributed by atoms with E-state index in [0.29, 0.717) is 30.0 Å². The summed E-state index contributed by atoms with van der Waals surface area (Å²) in [5.41, 5.74) is 3.46. The summed E-state index contributed by atoms with van der Waals surface area (Å²) in [5.74, 6) is -0.697. The first kappa shape index (κ1) is 21.0. The molecule has 0 aliphatic rings. The van der Waals surface area contributed by atoms with E-state index in [1.807, 2.05) is 38.2 Å². The molecular formula is C22H24N8O2. The summed E-state index contributed by atoms with van der Waals surface area (Å²) in [6.07, 6.45) is 6.64. The first-order valence-corrected chi connectivity index (χ1v) is 10.2. The molecule has 10 heteroatoms. The molecule has 10 nitrogen and oxygen atoms in total. The van der Waals surface area contributed by atoms with Crippen LogP contribution in [0.5, 0.6) is 0 Å². The molecule has 0 atom stereocenters. The number of rotatable bonds is 7. The fourth-order valence-corrected chi connectivity index (χ4v) is 3.35. The van der Waals surface area contributed by atoms with Crippen LogP contribution >= 0.6 is 0 Å². The van der Waals surface area contributed by atoms with Gasteiger partial charge in [0.25, 0.3) is 11.8 Å². The molecule has 1 aromatic carbocycles. The largest absolute Gasteiger partial charge is 0.319 e. The Morgan fingerprint density at radius 1 is 1.00 bits per heavy atom. The standard InChI is InChI=1S/C22H24N8O2/c1-4-30-20(22(32)26-18-12-24-28(3)15(18)2)19(13-25-30)27-21(31)17-8-5-7-16(11-17)14-29-10-6-9-23-29/h5-13H,4,14H2,1-3H3,(H,26,32)(H,27,31). The van der Waals surface area contributed by atoms with Gasteiger partial charge in [0.05, 0.1) is 36.0 Å². The number of carbonyl (C=O) groups is 2. The lowest BCUT2D eigenvalue weighted by Crippen LogP contribution is -2.21. The second kappa shape index (κ2) is 8.88. The van der Waals surface area contributed by atoms with E-state index in [9.17, 15) is 9.59 Å². The van der Waals surface area contributed by atoms with Gasteiger partial charge >= 0.3 is 0 Å². The van der Waals surface area contributed by atoms with Crippen LogP contribution in [0.15, 0.2) is 55.1 Å². The highest BCUT2D eigenvalue weighted by Gasteiger charge is 2.21. The predicted octanol–water partition coefficient (Wildman–Crippen LogP) is 2.69. The normalized spacial score (nSPS) is 10.8. The average Bonchev–Trinajstić information content (AvgIpc) is 3.51. The van der Waals surface area contributed by atoms with Crippen LogP contribution in [0.1, 0.15) is 39.0 Å². The number of benzene rings is 1. The Balaban J connectivity index is 1.54. The van der Waals surface area contributed by atoms with Crippen molar-refractivity contribution in [1.29, 1.82) is 0 Å². The zero-order chi connectivity index (χ0) is 22.7. The summed E-state index contributed by atoms with van der Waals surface area (Å²) in [4.78, 5) is 26.0. The highest BCUT2D eigenvalue weighted by molar-refractivity contribution is 6.11. The summed E-state index contributed by atoms with van der Waals surface area (Å²) in [7, 11) is 1.80. The smallest absolute Gasteiger partial charge is 0.276 e. The number of carbonyl (C=O) groups excluding carboxylic acids is 2. The molecule has 4 aromatic rings. The second-order valence-corrected chi connectivity index (χ2v) is 7.30. The van der Waals surface area contributed by atoms with Crippen molar-refractivity contribution in [3.63, 3.8) is 0 Å². The molecule has 0 fully saturated rings.